The van der Waals surface area contributed by atoms with E-state index in [4.69, 9.17) is 4.98 Å². The van der Waals surface area contributed by atoms with Gasteiger partial charge in [0.25, 0.3) is 0 Å². The maximum atomic E-state index is 4.86. The highest BCUT2D eigenvalue weighted by atomic mass is 15.2. The van der Waals surface area contributed by atoms with Crippen molar-refractivity contribution in [3.63, 3.8) is 0 Å². The van der Waals surface area contributed by atoms with Crippen molar-refractivity contribution in [2.45, 2.75) is 32.2 Å². The van der Waals surface area contributed by atoms with Gasteiger partial charge >= 0.3 is 0 Å². The van der Waals surface area contributed by atoms with Gasteiger partial charge < -0.3 is 4.90 Å². The van der Waals surface area contributed by atoms with E-state index in [1.807, 2.05) is 24.5 Å². The summed E-state index contributed by atoms with van der Waals surface area (Å²) in [6, 6.07) is 15.7. The molecule has 0 amide bonds. The molecular weight excluding hydrogens is 294 g/mol. The van der Waals surface area contributed by atoms with Crippen LogP contribution in [0.25, 0.3) is 22.0 Å². The van der Waals surface area contributed by atoms with Crippen molar-refractivity contribution in [2.24, 2.45) is 0 Å². The lowest BCUT2D eigenvalue weighted by Gasteiger charge is -2.20. The number of hydrogen-bond donors (Lipinski definition) is 0. The fourth-order valence-electron chi connectivity index (χ4n) is 3.61. The number of nitrogens with zero attached hydrogens (tertiary/aromatic N) is 3. The molecule has 0 aliphatic carbocycles. The lowest BCUT2D eigenvalue weighted by atomic mass is 10.0. The average Bonchev–Trinajstić information content (AvgIpc) is 3.05. The maximum Gasteiger partial charge on any atom is 0.0705 e. The summed E-state index contributed by atoms with van der Waals surface area (Å²) >= 11 is 0. The first-order valence-corrected chi connectivity index (χ1v) is 8.84. The normalized spacial score (nSPS) is 18.3. The number of fused-ring (bicyclic) bond motifs is 1. The number of pyridine rings is 2. The third-order valence-corrected chi connectivity index (χ3v) is 5.11. The van der Waals surface area contributed by atoms with E-state index in [0.717, 1.165) is 24.5 Å². The maximum absolute atomic E-state index is 4.86. The molecule has 1 saturated heterocycles. The molecule has 3 nitrogen and oxygen atoms in total. The van der Waals surface area contributed by atoms with Gasteiger partial charge in [0, 0.05) is 42.5 Å². The summed E-state index contributed by atoms with van der Waals surface area (Å²) in [5.41, 5.74) is 4.68. The van der Waals surface area contributed by atoms with Crippen LogP contribution in [0.3, 0.4) is 0 Å². The fraction of sp³-hybridized carbons (Fsp3) is 0.333. The molecule has 122 valence electrons. The zero-order valence-corrected chi connectivity index (χ0v) is 14.2. The predicted molar refractivity (Wildman–Crippen MR) is 98.9 cm³/mol. The van der Waals surface area contributed by atoms with Crippen LogP contribution >= 0.6 is 0 Å². The minimum atomic E-state index is 0.730. The van der Waals surface area contributed by atoms with Gasteiger partial charge in [-0.1, -0.05) is 12.1 Å². The molecule has 2 aromatic heterocycles. The van der Waals surface area contributed by atoms with Gasteiger partial charge in [0.15, 0.2) is 0 Å². The van der Waals surface area contributed by atoms with Gasteiger partial charge in [-0.05, 0) is 67.8 Å². The number of hydrogen-bond acceptors (Lipinski definition) is 3. The lowest BCUT2D eigenvalue weighted by molar-refractivity contribution is 0.271. The molecule has 3 aromatic rings. The van der Waals surface area contributed by atoms with Crippen LogP contribution in [-0.2, 0) is 6.42 Å². The van der Waals surface area contributed by atoms with Crippen LogP contribution in [0.2, 0.25) is 0 Å². The summed E-state index contributed by atoms with van der Waals surface area (Å²) in [5, 5.41) is 1.20. The molecule has 1 aliphatic rings. The Kier molecular flexibility index (Phi) is 4.26. The third kappa shape index (κ3) is 3.17. The van der Waals surface area contributed by atoms with E-state index in [0.29, 0.717) is 0 Å². The first kappa shape index (κ1) is 15.3. The summed E-state index contributed by atoms with van der Waals surface area (Å²) in [7, 11) is 0. The van der Waals surface area contributed by atoms with Crippen LogP contribution < -0.4 is 0 Å². The Bertz CT molecular complexity index is 829. The van der Waals surface area contributed by atoms with E-state index in [-0.39, 0.29) is 0 Å². The minimum Gasteiger partial charge on any atom is -0.300 e. The zero-order valence-electron chi connectivity index (χ0n) is 14.2. The predicted octanol–water partition coefficient (Wildman–Crippen LogP) is 4.32. The molecule has 1 aromatic carbocycles. The Labute approximate surface area is 143 Å². The van der Waals surface area contributed by atoms with Crippen molar-refractivity contribution in [2.75, 3.05) is 13.1 Å². The van der Waals surface area contributed by atoms with E-state index < -0.39 is 0 Å². The first-order chi connectivity index (χ1) is 11.8. The molecule has 0 spiro atoms. The van der Waals surface area contributed by atoms with E-state index >= 15 is 0 Å². The molecule has 1 atom stereocenters. The molecule has 0 N–H and O–H groups in total. The van der Waals surface area contributed by atoms with Crippen LogP contribution in [0.4, 0.5) is 0 Å². The molecule has 3 heteroatoms. The average molecular weight is 317 g/mol. The van der Waals surface area contributed by atoms with Crippen LogP contribution in [-0.4, -0.2) is 34.0 Å². The first-order valence-electron chi connectivity index (χ1n) is 8.84. The van der Waals surface area contributed by atoms with Gasteiger partial charge in [-0.2, -0.15) is 0 Å². The Balaban J connectivity index is 1.53. The molecule has 1 fully saturated rings. The number of likely N-dealkylation sites (tertiary alicyclic amines) is 1. The number of benzene rings is 1. The van der Waals surface area contributed by atoms with Crippen molar-refractivity contribution in [1.82, 2.24) is 14.9 Å². The second kappa shape index (κ2) is 6.70. The fourth-order valence-corrected chi connectivity index (χ4v) is 3.61. The highest BCUT2D eigenvalue weighted by Crippen LogP contribution is 2.23. The standard InChI is InChI=1S/C21H23N3/c1-16-3-2-13-24(16)14-10-20-6-4-19-15-18(5-7-21(19)23-20)17-8-11-22-12-9-17/h4-9,11-12,15-16H,2-3,10,13-14H2,1H3. The minimum absolute atomic E-state index is 0.730. The van der Waals surface area contributed by atoms with Crippen molar-refractivity contribution >= 4 is 10.9 Å². The van der Waals surface area contributed by atoms with Crippen LogP contribution in [0.1, 0.15) is 25.5 Å². The van der Waals surface area contributed by atoms with Crippen LogP contribution in [0.15, 0.2) is 54.9 Å². The number of aromatic nitrogens is 2. The van der Waals surface area contributed by atoms with E-state index in [2.05, 4.69) is 47.1 Å². The molecule has 24 heavy (non-hydrogen) atoms. The largest absolute Gasteiger partial charge is 0.300 e. The van der Waals surface area contributed by atoms with Crippen molar-refractivity contribution in [1.29, 1.82) is 0 Å². The summed E-state index contributed by atoms with van der Waals surface area (Å²) in [6.07, 6.45) is 7.37. The lowest BCUT2D eigenvalue weighted by Crippen LogP contribution is -2.29. The van der Waals surface area contributed by atoms with E-state index in [1.165, 1.54) is 41.6 Å². The molecule has 1 aliphatic heterocycles. The molecule has 1 unspecified atom stereocenters. The summed E-state index contributed by atoms with van der Waals surface area (Å²) < 4.78 is 0. The highest BCUT2D eigenvalue weighted by molar-refractivity contribution is 5.84. The molecular formula is C21H23N3. The Morgan fingerprint density at radius 2 is 1.92 bits per heavy atom. The quantitative estimate of drug-likeness (QED) is 0.717. The summed E-state index contributed by atoms with van der Waals surface area (Å²) in [6.45, 7) is 4.69. The van der Waals surface area contributed by atoms with Gasteiger partial charge in [0.2, 0.25) is 0 Å². The van der Waals surface area contributed by atoms with E-state index in [9.17, 15) is 0 Å². The van der Waals surface area contributed by atoms with Crippen molar-refractivity contribution < 1.29 is 0 Å². The van der Waals surface area contributed by atoms with Gasteiger partial charge in [0.1, 0.15) is 0 Å². The SMILES string of the molecule is CC1CCCN1CCc1ccc2cc(-c3ccncc3)ccc2n1. The Hall–Kier alpha value is -2.26. The molecule has 0 saturated carbocycles. The summed E-state index contributed by atoms with van der Waals surface area (Å²) in [5.74, 6) is 0. The topological polar surface area (TPSA) is 29.0 Å². The van der Waals surface area contributed by atoms with Gasteiger partial charge in [-0.3, -0.25) is 9.97 Å². The molecule has 4 rings (SSSR count). The smallest absolute Gasteiger partial charge is 0.0705 e. The molecule has 3 heterocycles. The second-order valence-electron chi connectivity index (χ2n) is 6.72. The summed E-state index contributed by atoms with van der Waals surface area (Å²) in [4.78, 5) is 11.5. The van der Waals surface area contributed by atoms with Crippen LogP contribution in [0.5, 0.6) is 0 Å². The van der Waals surface area contributed by atoms with Gasteiger partial charge in [-0.15, -0.1) is 0 Å². The molecule has 0 radical (unpaired) electrons. The van der Waals surface area contributed by atoms with Gasteiger partial charge in [-0.25, -0.2) is 0 Å². The Morgan fingerprint density at radius 3 is 2.71 bits per heavy atom. The third-order valence-electron chi connectivity index (χ3n) is 5.11. The van der Waals surface area contributed by atoms with Crippen molar-refractivity contribution in [3.05, 3.63) is 60.6 Å². The Morgan fingerprint density at radius 1 is 1.04 bits per heavy atom. The zero-order chi connectivity index (χ0) is 16.4. The highest BCUT2D eigenvalue weighted by Gasteiger charge is 2.19. The van der Waals surface area contributed by atoms with Crippen LogP contribution in [0, 0.1) is 0 Å². The van der Waals surface area contributed by atoms with Crippen molar-refractivity contribution in [3.8, 4) is 11.1 Å². The van der Waals surface area contributed by atoms with E-state index in [1.54, 1.807) is 0 Å². The second-order valence-corrected chi connectivity index (χ2v) is 6.72. The number of rotatable bonds is 4. The molecule has 0 bridgehead atoms. The monoisotopic (exact) mass is 317 g/mol. The van der Waals surface area contributed by atoms with Gasteiger partial charge in [0.05, 0.1) is 5.52 Å².